The van der Waals surface area contributed by atoms with Crippen molar-refractivity contribution in [3.05, 3.63) is 12.2 Å². The number of hydrogen-bond donors (Lipinski definition) is 1. The molecular weight excluding hydrogens is 405 g/mol. The number of hydrogen-bond acceptors (Lipinski definition) is 5. The minimum Gasteiger partial charge on any atom is -0.399 e. The van der Waals surface area contributed by atoms with Gasteiger partial charge < -0.3 is 14.9 Å². The number of halogens is 1. The van der Waals surface area contributed by atoms with E-state index in [9.17, 15) is 0 Å². The van der Waals surface area contributed by atoms with Crippen LogP contribution < -0.4 is 5.32 Å². The first kappa shape index (κ1) is 22.5. The Balaban J connectivity index is 1.39. The summed E-state index contributed by atoms with van der Waals surface area (Å²) in [5.74, 6) is 1.14. The number of nitrogens with zero attached hydrogens (tertiary/aromatic N) is 2. The van der Waals surface area contributed by atoms with Gasteiger partial charge in [-0.15, -0.1) is 0 Å². The van der Waals surface area contributed by atoms with E-state index in [1.807, 2.05) is 0 Å². The summed E-state index contributed by atoms with van der Waals surface area (Å²) in [6.07, 6.45) is 7.00. The predicted octanol–water partition coefficient (Wildman–Crippen LogP) is 4.92. The van der Waals surface area contributed by atoms with Crippen LogP contribution in [-0.4, -0.2) is 50.6 Å². The molecule has 8 atom stereocenters. The zero-order chi connectivity index (χ0) is 22.5. The number of aliphatic imine (C=N–C) groups is 1. The lowest BCUT2D eigenvalue weighted by Crippen LogP contribution is -2.60. The van der Waals surface area contributed by atoms with Crippen molar-refractivity contribution in [2.45, 2.75) is 77.5 Å². The zero-order valence-electron chi connectivity index (χ0n) is 20.0. The van der Waals surface area contributed by atoms with Crippen molar-refractivity contribution >= 4 is 11.4 Å². The smallest absolute Gasteiger partial charge is 0.137 e. The second-order valence-electron chi connectivity index (χ2n) is 11.4. The molecule has 5 fully saturated rings. The number of ether oxygens (including phenoxy) is 1. The summed E-state index contributed by atoms with van der Waals surface area (Å²) in [5, 5.41) is 7.87. The lowest BCUT2D eigenvalue weighted by Gasteiger charge is -2.60. The number of fused-ring (bicyclic) bond motifs is 5. The normalized spacial score (nSPS) is 48.6. The standard InChI is InChI=1S/C26H40FN3O2/c1-16-5-6-20-19-12-23(30-31-4)21-11-17(29-15-32-18-8-10-28-14-18)7-9-25(21,2)24(19)22(27)13-26(16,20)3/h18-22,24,28H,1,5-15H2,2-4H3/b29-17?,30-23+/t18?,19?,20?,21?,22?,24?,25-,26+/m0/s1. The first-order chi connectivity index (χ1) is 15.4. The number of alkyl halides is 1. The Bertz CT molecular complexity index is 807. The molecule has 1 saturated heterocycles. The predicted molar refractivity (Wildman–Crippen MR) is 126 cm³/mol. The average molecular weight is 446 g/mol. The lowest BCUT2D eigenvalue weighted by molar-refractivity contribution is -0.0956. The minimum absolute atomic E-state index is 0.0598. The molecule has 0 radical (unpaired) electrons. The summed E-state index contributed by atoms with van der Waals surface area (Å²) >= 11 is 0. The summed E-state index contributed by atoms with van der Waals surface area (Å²) in [6, 6.07) is 0. The van der Waals surface area contributed by atoms with Crippen LogP contribution in [0.3, 0.4) is 0 Å². The van der Waals surface area contributed by atoms with E-state index in [1.165, 1.54) is 11.3 Å². The Labute approximate surface area is 192 Å². The Morgan fingerprint density at radius 3 is 2.81 bits per heavy atom. The van der Waals surface area contributed by atoms with Gasteiger partial charge in [-0.3, -0.25) is 4.99 Å². The topological polar surface area (TPSA) is 55.2 Å². The summed E-state index contributed by atoms with van der Waals surface area (Å²) in [4.78, 5) is 10.2. The van der Waals surface area contributed by atoms with Crippen molar-refractivity contribution in [1.29, 1.82) is 0 Å². The average Bonchev–Trinajstić information content (AvgIpc) is 3.37. The van der Waals surface area contributed by atoms with Gasteiger partial charge in [0.1, 0.15) is 20.0 Å². The number of oxime groups is 1. The van der Waals surface area contributed by atoms with E-state index in [1.54, 1.807) is 7.11 Å². The van der Waals surface area contributed by atoms with Crippen molar-refractivity contribution < 1.29 is 14.0 Å². The largest absolute Gasteiger partial charge is 0.399 e. The second-order valence-corrected chi connectivity index (χ2v) is 11.4. The van der Waals surface area contributed by atoms with Crippen molar-refractivity contribution in [3.8, 4) is 0 Å². The van der Waals surface area contributed by atoms with E-state index in [2.05, 4.69) is 30.9 Å². The van der Waals surface area contributed by atoms with Crippen molar-refractivity contribution in [2.24, 2.45) is 44.6 Å². The maximum absolute atomic E-state index is 16.0. The molecule has 0 spiro atoms. The van der Waals surface area contributed by atoms with E-state index >= 15 is 4.39 Å². The monoisotopic (exact) mass is 445 g/mol. The molecule has 1 N–H and O–H groups in total. The van der Waals surface area contributed by atoms with Gasteiger partial charge in [-0.25, -0.2) is 4.39 Å². The molecule has 0 bridgehead atoms. The summed E-state index contributed by atoms with van der Waals surface area (Å²) in [5.41, 5.74) is 3.43. The van der Waals surface area contributed by atoms with Crippen molar-refractivity contribution in [2.75, 3.05) is 26.9 Å². The second kappa shape index (κ2) is 8.50. The first-order valence-corrected chi connectivity index (χ1v) is 12.6. The molecule has 0 aromatic heterocycles. The molecule has 1 aliphatic heterocycles. The molecule has 6 heteroatoms. The minimum atomic E-state index is -0.774. The SMILES string of the molecule is C=C1CCC2C3C/C(=N\OC)C4CC(=NCOC5CCNC5)CC[C@]4(C)C3C(F)C[C@]12C. The van der Waals surface area contributed by atoms with Gasteiger partial charge in [0.25, 0.3) is 0 Å². The van der Waals surface area contributed by atoms with Crippen LogP contribution >= 0.6 is 0 Å². The van der Waals surface area contributed by atoms with Crippen LogP contribution in [0.5, 0.6) is 0 Å². The lowest BCUT2D eigenvalue weighted by atomic mass is 9.44. The highest BCUT2D eigenvalue weighted by atomic mass is 19.1. The van der Waals surface area contributed by atoms with Crippen LogP contribution in [0.15, 0.2) is 22.3 Å². The quantitative estimate of drug-likeness (QED) is 0.493. The van der Waals surface area contributed by atoms with Crippen LogP contribution in [0.25, 0.3) is 0 Å². The molecule has 1 heterocycles. The van der Waals surface area contributed by atoms with Gasteiger partial charge in [0.05, 0.1) is 11.8 Å². The van der Waals surface area contributed by atoms with Gasteiger partial charge in [0.15, 0.2) is 0 Å². The molecule has 4 saturated carbocycles. The van der Waals surface area contributed by atoms with Gasteiger partial charge >= 0.3 is 0 Å². The molecule has 5 aliphatic rings. The summed E-state index contributed by atoms with van der Waals surface area (Å²) in [6.45, 7) is 11.3. The van der Waals surface area contributed by atoms with Crippen LogP contribution in [0.2, 0.25) is 0 Å². The maximum atomic E-state index is 16.0. The van der Waals surface area contributed by atoms with Gasteiger partial charge in [0.2, 0.25) is 0 Å². The fourth-order valence-electron chi connectivity index (χ4n) is 8.21. The Kier molecular flexibility index (Phi) is 5.98. The number of allylic oxidation sites excluding steroid dienone is 1. The van der Waals surface area contributed by atoms with E-state index < -0.39 is 6.17 Å². The third-order valence-corrected chi connectivity index (χ3v) is 9.99. The van der Waals surface area contributed by atoms with E-state index in [0.717, 1.165) is 63.7 Å². The van der Waals surface area contributed by atoms with Crippen molar-refractivity contribution in [3.63, 3.8) is 0 Å². The van der Waals surface area contributed by atoms with Crippen LogP contribution in [-0.2, 0) is 9.57 Å². The summed E-state index contributed by atoms with van der Waals surface area (Å²) in [7, 11) is 1.64. The summed E-state index contributed by atoms with van der Waals surface area (Å²) < 4.78 is 21.9. The fourth-order valence-corrected chi connectivity index (χ4v) is 8.21. The Morgan fingerprint density at radius 2 is 2.06 bits per heavy atom. The molecule has 4 aliphatic carbocycles. The molecule has 0 aromatic rings. The highest BCUT2D eigenvalue weighted by molar-refractivity contribution is 5.96. The molecule has 6 unspecified atom stereocenters. The van der Waals surface area contributed by atoms with Gasteiger partial charge in [-0.1, -0.05) is 31.2 Å². The number of nitrogens with one attached hydrogen (secondary N) is 1. The molecule has 0 aromatic carbocycles. The third kappa shape index (κ3) is 3.56. The first-order valence-electron chi connectivity index (χ1n) is 12.6. The van der Waals surface area contributed by atoms with Crippen LogP contribution in [0.1, 0.15) is 65.2 Å². The molecule has 5 rings (SSSR count). The highest BCUT2D eigenvalue weighted by Crippen LogP contribution is 2.67. The maximum Gasteiger partial charge on any atom is 0.137 e. The van der Waals surface area contributed by atoms with E-state index in [-0.39, 0.29) is 28.8 Å². The Hall–Kier alpha value is -1.27. The Morgan fingerprint density at radius 1 is 1.22 bits per heavy atom. The van der Waals surface area contributed by atoms with Gasteiger partial charge in [0, 0.05) is 18.2 Å². The molecular formula is C26H40FN3O2. The van der Waals surface area contributed by atoms with Crippen LogP contribution in [0.4, 0.5) is 4.39 Å². The van der Waals surface area contributed by atoms with Crippen molar-refractivity contribution in [1.82, 2.24) is 5.32 Å². The highest BCUT2D eigenvalue weighted by Gasteiger charge is 2.63. The molecule has 5 nitrogen and oxygen atoms in total. The molecule has 178 valence electrons. The fraction of sp³-hybridized carbons (Fsp3) is 0.846. The molecule has 0 amide bonds. The van der Waals surface area contributed by atoms with Gasteiger partial charge in [-0.2, -0.15) is 0 Å². The zero-order valence-corrected chi connectivity index (χ0v) is 20.0. The van der Waals surface area contributed by atoms with E-state index in [4.69, 9.17) is 14.6 Å². The molecule has 32 heavy (non-hydrogen) atoms. The van der Waals surface area contributed by atoms with E-state index in [0.29, 0.717) is 25.0 Å². The van der Waals surface area contributed by atoms with Gasteiger partial charge in [-0.05, 0) is 86.5 Å². The third-order valence-electron chi connectivity index (χ3n) is 9.99. The number of rotatable bonds is 4. The van der Waals surface area contributed by atoms with Crippen LogP contribution in [0, 0.1) is 34.5 Å².